The van der Waals surface area contributed by atoms with Crippen LogP contribution >= 0.6 is 0 Å². The third-order valence-electron chi connectivity index (χ3n) is 3.45. The summed E-state index contributed by atoms with van der Waals surface area (Å²) in [6.45, 7) is 0.429. The predicted octanol–water partition coefficient (Wildman–Crippen LogP) is -1.82. The van der Waals surface area contributed by atoms with E-state index in [1.165, 1.54) is 6.19 Å². The van der Waals surface area contributed by atoms with Gasteiger partial charge >= 0.3 is 0 Å². The molecule has 0 bridgehead atoms. The number of nitrogens with zero attached hydrogens (tertiary/aromatic N) is 2. The highest BCUT2D eigenvalue weighted by molar-refractivity contribution is 6.13. The topological polar surface area (TPSA) is 158 Å². The summed E-state index contributed by atoms with van der Waals surface area (Å²) in [5, 5.41) is 16.5. The molecule has 0 saturated heterocycles. The first-order chi connectivity index (χ1) is 11.0. The van der Waals surface area contributed by atoms with Crippen LogP contribution in [0.1, 0.15) is 5.56 Å². The number of hydrogen-bond acceptors (Lipinski definition) is 5. The molecular weight excluding hydrogens is 298 g/mol. The van der Waals surface area contributed by atoms with E-state index in [1.807, 2.05) is 0 Å². The molecule has 0 spiro atoms. The predicted molar refractivity (Wildman–Crippen MR) is 82.8 cm³/mol. The number of fused-ring (bicyclic) bond motifs is 1. The van der Waals surface area contributed by atoms with Crippen LogP contribution in [-0.2, 0) is 16.0 Å². The number of aliphatic imine (C=N–C) groups is 1. The highest BCUT2D eigenvalue weighted by Crippen LogP contribution is 2.32. The van der Waals surface area contributed by atoms with Gasteiger partial charge in [0.2, 0.25) is 12.2 Å². The number of carbonyl (C=O) groups excluding carboxylic acids is 2. The summed E-state index contributed by atoms with van der Waals surface area (Å²) in [6.07, 6.45) is 1.70. The van der Waals surface area contributed by atoms with E-state index in [1.54, 1.807) is 18.2 Å². The molecule has 1 radical (unpaired) electrons. The molecule has 119 valence electrons. The molecule has 0 aromatic heterocycles. The van der Waals surface area contributed by atoms with Gasteiger partial charge in [0, 0.05) is 25.2 Å². The number of benzene rings is 1. The number of guanidine groups is 1. The molecule has 23 heavy (non-hydrogen) atoms. The molecule has 0 aliphatic carbocycles. The van der Waals surface area contributed by atoms with Crippen molar-refractivity contribution in [2.24, 2.45) is 16.5 Å². The highest BCUT2D eigenvalue weighted by atomic mass is 16.2. The monoisotopic (exact) mass is 314 g/mol. The number of hydrogen-bond donors (Lipinski definition) is 5. The standard InChI is InChI=1S/C14H16N7O2/c15-8-20-13(17)19-6-5-18-12(23)14(11(16)22)7-9-3-1-2-4-10(9)21-14/h1,3-4,21H,5-7H2,(H2,16,22)(H,18,23)(H3,17,19,20). The minimum atomic E-state index is -1.52. The SMILES string of the molecule is N#CN=C(N)NCCNC(=O)C1(C(N)=O)Cc2cc[c]cc2N1. The van der Waals surface area contributed by atoms with Crippen molar-refractivity contribution in [3.63, 3.8) is 0 Å². The average molecular weight is 314 g/mol. The quantitative estimate of drug-likeness (QED) is 0.141. The van der Waals surface area contributed by atoms with Crippen LogP contribution in [0.2, 0.25) is 0 Å². The van der Waals surface area contributed by atoms with Gasteiger partial charge in [-0.05, 0) is 17.7 Å². The first-order valence-electron chi connectivity index (χ1n) is 6.81. The molecule has 9 heteroatoms. The second kappa shape index (κ2) is 6.65. The van der Waals surface area contributed by atoms with Crippen LogP contribution in [0.5, 0.6) is 0 Å². The van der Waals surface area contributed by atoms with Crippen molar-refractivity contribution in [1.29, 1.82) is 5.26 Å². The molecule has 1 unspecified atom stereocenters. The van der Waals surface area contributed by atoms with Crippen LogP contribution < -0.4 is 27.4 Å². The Hall–Kier alpha value is -3.28. The lowest BCUT2D eigenvalue weighted by atomic mass is 9.93. The number of rotatable bonds is 5. The molecule has 2 rings (SSSR count). The van der Waals surface area contributed by atoms with Gasteiger partial charge in [0.25, 0.3) is 11.8 Å². The van der Waals surface area contributed by atoms with E-state index >= 15 is 0 Å². The van der Waals surface area contributed by atoms with Crippen LogP contribution in [0.3, 0.4) is 0 Å². The van der Waals surface area contributed by atoms with Crippen molar-refractivity contribution in [1.82, 2.24) is 10.6 Å². The third kappa shape index (κ3) is 3.32. The summed E-state index contributed by atoms with van der Waals surface area (Å²) in [6, 6.07) is 8.02. The van der Waals surface area contributed by atoms with Gasteiger partial charge in [-0.15, -0.1) is 4.99 Å². The van der Waals surface area contributed by atoms with Gasteiger partial charge in [0.15, 0.2) is 5.54 Å². The molecule has 7 N–H and O–H groups in total. The zero-order valence-electron chi connectivity index (χ0n) is 12.2. The summed E-state index contributed by atoms with van der Waals surface area (Å²) in [5.74, 6) is -1.34. The minimum Gasteiger partial charge on any atom is -0.369 e. The van der Waals surface area contributed by atoms with E-state index < -0.39 is 17.4 Å². The minimum absolute atomic E-state index is 0.0479. The molecule has 1 aromatic rings. The fourth-order valence-electron chi connectivity index (χ4n) is 2.30. The molecule has 1 aliphatic rings. The van der Waals surface area contributed by atoms with Crippen molar-refractivity contribution in [3.8, 4) is 6.19 Å². The Balaban J connectivity index is 1.98. The maximum Gasteiger partial charge on any atom is 0.255 e. The molecule has 1 heterocycles. The molecule has 1 aliphatic heterocycles. The Morgan fingerprint density at radius 2 is 2.17 bits per heavy atom. The lowest BCUT2D eigenvalue weighted by molar-refractivity contribution is -0.133. The highest BCUT2D eigenvalue weighted by Gasteiger charge is 2.48. The Labute approximate surface area is 132 Å². The van der Waals surface area contributed by atoms with E-state index in [9.17, 15) is 9.59 Å². The largest absolute Gasteiger partial charge is 0.369 e. The van der Waals surface area contributed by atoms with Crippen LogP contribution in [-0.4, -0.2) is 36.4 Å². The summed E-state index contributed by atoms with van der Waals surface area (Å²) in [5.41, 5.74) is 10.8. The Morgan fingerprint density at radius 3 is 2.83 bits per heavy atom. The van der Waals surface area contributed by atoms with E-state index in [0.29, 0.717) is 5.69 Å². The van der Waals surface area contributed by atoms with Crippen molar-refractivity contribution in [3.05, 3.63) is 29.8 Å². The summed E-state index contributed by atoms with van der Waals surface area (Å²) in [4.78, 5) is 27.6. The fourth-order valence-corrected chi connectivity index (χ4v) is 2.30. The number of nitrogens with two attached hydrogens (primary N) is 2. The second-order valence-electron chi connectivity index (χ2n) is 4.93. The van der Waals surface area contributed by atoms with Crippen LogP contribution in [0.15, 0.2) is 23.2 Å². The number of carbonyl (C=O) groups is 2. The zero-order chi connectivity index (χ0) is 16.9. The number of primary amides is 1. The Kier molecular flexibility index (Phi) is 4.66. The molecule has 1 atom stereocenters. The van der Waals surface area contributed by atoms with Crippen LogP contribution in [0.25, 0.3) is 0 Å². The molecule has 1 aromatic carbocycles. The normalized spacial score (nSPS) is 19.2. The van der Waals surface area contributed by atoms with E-state index in [0.717, 1.165) is 5.56 Å². The third-order valence-corrected chi connectivity index (χ3v) is 3.45. The number of anilines is 1. The van der Waals surface area contributed by atoms with Gasteiger partial charge in [0.1, 0.15) is 0 Å². The summed E-state index contributed by atoms with van der Waals surface area (Å²) >= 11 is 0. The number of nitrogens with one attached hydrogen (secondary N) is 3. The lowest BCUT2D eigenvalue weighted by Gasteiger charge is -2.25. The first-order valence-corrected chi connectivity index (χ1v) is 6.81. The smallest absolute Gasteiger partial charge is 0.255 e. The number of nitriles is 1. The van der Waals surface area contributed by atoms with Crippen molar-refractivity contribution >= 4 is 23.5 Å². The Morgan fingerprint density at radius 1 is 1.43 bits per heavy atom. The van der Waals surface area contributed by atoms with Gasteiger partial charge in [-0.2, -0.15) is 5.26 Å². The molecular formula is C14H16N7O2. The average Bonchev–Trinajstić information content (AvgIpc) is 2.92. The van der Waals surface area contributed by atoms with Gasteiger partial charge in [0.05, 0.1) is 0 Å². The summed E-state index contributed by atoms with van der Waals surface area (Å²) < 4.78 is 0. The molecule has 0 saturated carbocycles. The maximum atomic E-state index is 12.4. The zero-order valence-corrected chi connectivity index (χ0v) is 12.2. The lowest BCUT2D eigenvalue weighted by Crippen LogP contribution is -2.60. The van der Waals surface area contributed by atoms with Gasteiger partial charge in [-0.3, -0.25) is 9.59 Å². The van der Waals surface area contributed by atoms with Crippen molar-refractivity contribution < 1.29 is 9.59 Å². The summed E-state index contributed by atoms with van der Waals surface area (Å²) in [7, 11) is 0. The maximum absolute atomic E-state index is 12.4. The first kappa shape index (κ1) is 16.1. The fraction of sp³-hybridized carbons (Fsp3) is 0.286. The van der Waals surface area contributed by atoms with Gasteiger partial charge in [-0.25, -0.2) is 0 Å². The van der Waals surface area contributed by atoms with E-state index in [2.05, 4.69) is 27.0 Å². The van der Waals surface area contributed by atoms with Gasteiger partial charge < -0.3 is 27.4 Å². The molecule has 2 amide bonds. The van der Waals surface area contributed by atoms with Crippen molar-refractivity contribution in [2.75, 3.05) is 18.4 Å². The second-order valence-corrected chi connectivity index (χ2v) is 4.93. The number of amides is 2. The van der Waals surface area contributed by atoms with Crippen LogP contribution in [0, 0.1) is 17.5 Å². The Bertz CT molecular complexity index is 668. The molecule has 0 fully saturated rings. The molecule has 9 nitrogen and oxygen atoms in total. The van der Waals surface area contributed by atoms with E-state index in [4.69, 9.17) is 16.7 Å². The van der Waals surface area contributed by atoms with E-state index in [-0.39, 0.29) is 25.5 Å². The van der Waals surface area contributed by atoms with Crippen LogP contribution in [0.4, 0.5) is 5.69 Å². The van der Waals surface area contributed by atoms with Crippen molar-refractivity contribution in [2.45, 2.75) is 12.0 Å². The van der Waals surface area contributed by atoms with Gasteiger partial charge in [-0.1, -0.05) is 12.1 Å².